The van der Waals surface area contributed by atoms with Gasteiger partial charge in [-0.2, -0.15) is 18.4 Å². The van der Waals surface area contributed by atoms with E-state index in [0.717, 1.165) is 12.3 Å². The molecular formula is C18H12F3N3O3. The Balaban J connectivity index is 1.65. The van der Waals surface area contributed by atoms with Crippen LogP contribution in [0, 0.1) is 11.3 Å². The average Bonchev–Trinajstić information content (AvgIpc) is 3.01. The summed E-state index contributed by atoms with van der Waals surface area (Å²) in [6, 6.07) is 9.85. The molecule has 3 aromatic rings. The van der Waals surface area contributed by atoms with Crippen LogP contribution in [0.5, 0.6) is 5.88 Å². The summed E-state index contributed by atoms with van der Waals surface area (Å²) in [5.41, 5.74) is 1.68. The fraction of sp³-hybridized carbons (Fsp3) is 0.167. The summed E-state index contributed by atoms with van der Waals surface area (Å²) < 4.78 is 47.7. The maximum absolute atomic E-state index is 12.1. The molecule has 3 rings (SSSR count). The Hall–Kier alpha value is -3.54. The number of carbonyl (C=O) groups is 1. The van der Waals surface area contributed by atoms with Gasteiger partial charge in [0, 0.05) is 30.2 Å². The van der Waals surface area contributed by atoms with Crippen LogP contribution in [-0.4, -0.2) is 28.1 Å². The second-order valence-electron chi connectivity index (χ2n) is 5.50. The monoisotopic (exact) mass is 375 g/mol. The van der Waals surface area contributed by atoms with Gasteiger partial charge in [-0.1, -0.05) is 6.07 Å². The number of alkyl halides is 3. The molecule has 0 aromatic carbocycles. The van der Waals surface area contributed by atoms with Crippen molar-refractivity contribution in [1.82, 2.24) is 9.38 Å². The first kappa shape index (κ1) is 18.3. The minimum Gasteiger partial charge on any atom is -0.468 e. The zero-order valence-electron chi connectivity index (χ0n) is 13.7. The van der Waals surface area contributed by atoms with E-state index in [-0.39, 0.29) is 18.1 Å². The summed E-state index contributed by atoms with van der Waals surface area (Å²) >= 11 is 0. The number of esters is 1. The lowest BCUT2D eigenvalue weighted by Gasteiger charge is -2.08. The van der Waals surface area contributed by atoms with E-state index in [9.17, 15) is 23.2 Å². The van der Waals surface area contributed by atoms with Gasteiger partial charge < -0.3 is 13.9 Å². The van der Waals surface area contributed by atoms with Crippen molar-refractivity contribution < 1.29 is 27.4 Å². The smallest absolute Gasteiger partial charge is 0.422 e. The molecule has 0 bridgehead atoms. The van der Waals surface area contributed by atoms with Gasteiger partial charge in [-0.05, 0) is 18.2 Å². The Morgan fingerprint density at radius 3 is 2.74 bits per heavy atom. The van der Waals surface area contributed by atoms with E-state index < -0.39 is 18.8 Å². The van der Waals surface area contributed by atoms with E-state index in [4.69, 9.17) is 4.74 Å². The Morgan fingerprint density at radius 1 is 1.26 bits per heavy atom. The molecule has 0 aliphatic heterocycles. The lowest BCUT2D eigenvalue weighted by molar-refractivity contribution is -0.154. The molecule has 0 saturated carbocycles. The number of ether oxygens (including phenoxy) is 2. The van der Waals surface area contributed by atoms with E-state index in [1.807, 2.05) is 0 Å². The molecule has 0 saturated heterocycles. The quantitative estimate of drug-likeness (QED) is 0.638. The molecule has 3 aromatic heterocycles. The maximum atomic E-state index is 12.1. The van der Waals surface area contributed by atoms with Crippen molar-refractivity contribution in [1.29, 1.82) is 5.26 Å². The van der Waals surface area contributed by atoms with Crippen molar-refractivity contribution in [3.8, 4) is 11.9 Å². The molecule has 0 fully saturated rings. The minimum absolute atomic E-state index is 0.0524. The molecule has 27 heavy (non-hydrogen) atoms. The normalized spacial score (nSPS) is 11.2. The predicted molar refractivity (Wildman–Crippen MR) is 87.0 cm³/mol. The molecule has 0 spiro atoms. The molecule has 6 nitrogen and oxygen atoms in total. The molecule has 0 amide bonds. The molecule has 0 N–H and O–H groups in total. The van der Waals surface area contributed by atoms with Crippen LogP contribution in [0.3, 0.4) is 0 Å². The molecule has 0 radical (unpaired) electrons. The highest BCUT2D eigenvalue weighted by Gasteiger charge is 2.28. The highest BCUT2D eigenvalue weighted by atomic mass is 19.4. The van der Waals surface area contributed by atoms with E-state index in [0.29, 0.717) is 16.6 Å². The van der Waals surface area contributed by atoms with Crippen LogP contribution in [-0.2, 0) is 11.3 Å². The van der Waals surface area contributed by atoms with Crippen LogP contribution in [0.1, 0.15) is 21.5 Å². The van der Waals surface area contributed by atoms with E-state index >= 15 is 0 Å². The van der Waals surface area contributed by atoms with Crippen LogP contribution in [0.4, 0.5) is 13.2 Å². The Bertz CT molecular complexity index is 1000. The van der Waals surface area contributed by atoms with Crippen molar-refractivity contribution in [2.45, 2.75) is 12.8 Å². The molecule has 9 heteroatoms. The first-order chi connectivity index (χ1) is 12.9. The lowest BCUT2D eigenvalue weighted by atomic mass is 10.2. The van der Waals surface area contributed by atoms with Crippen LogP contribution in [0.15, 0.2) is 48.9 Å². The van der Waals surface area contributed by atoms with Crippen molar-refractivity contribution in [2.24, 2.45) is 0 Å². The zero-order valence-corrected chi connectivity index (χ0v) is 13.7. The second-order valence-corrected chi connectivity index (χ2v) is 5.50. The number of hydrogen-bond donors (Lipinski definition) is 0. The van der Waals surface area contributed by atoms with Crippen molar-refractivity contribution in [3.05, 3.63) is 65.6 Å². The van der Waals surface area contributed by atoms with E-state index in [2.05, 4.69) is 15.8 Å². The van der Waals surface area contributed by atoms with Gasteiger partial charge in [0.1, 0.15) is 12.7 Å². The molecule has 3 heterocycles. The van der Waals surface area contributed by atoms with E-state index in [1.165, 1.54) is 6.07 Å². The molecule has 138 valence electrons. The summed E-state index contributed by atoms with van der Waals surface area (Å²) in [5, 5.41) is 9.32. The summed E-state index contributed by atoms with van der Waals surface area (Å²) in [5.74, 6) is -0.974. The Morgan fingerprint density at radius 2 is 2.07 bits per heavy atom. The topological polar surface area (TPSA) is 76.6 Å². The fourth-order valence-corrected chi connectivity index (χ4v) is 2.38. The van der Waals surface area contributed by atoms with Gasteiger partial charge in [0.05, 0.1) is 16.6 Å². The number of nitriles is 1. The van der Waals surface area contributed by atoms with Gasteiger partial charge in [-0.25, -0.2) is 9.78 Å². The first-order valence-corrected chi connectivity index (χ1v) is 7.69. The van der Waals surface area contributed by atoms with Gasteiger partial charge in [0.2, 0.25) is 5.88 Å². The fourth-order valence-electron chi connectivity index (χ4n) is 2.38. The van der Waals surface area contributed by atoms with Gasteiger partial charge in [0.25, 0.3) is 0 Å². The number of rotatable bonds is 5. The highest BCUT2D eigenvalue weighted by Crippen LogP contribution is 2.20. The number of pyridine rings is 2. The largest absolute Gasteiger partial charge is 0.468 e. The van der Waals surface area contributed by atoms with Gasteiger partial charge in [-0.15, -0.1) is 0 Å². The third-order valence-electron chi connectivity index (χ3n) is 3.59. The highest BCUT2D eigenvalue weighted by molar-refractivity contribution is 5.89. The van der Waals surface area contributed by atoms with Crippen molar-refractivity contribution >= 4 is 11.5 Å². The summed E-state index contributed by atoms with van der Waals surface area (Å²) in [4.78, 5) is 15.7. The van der Waals surface area contributed by atoms with Gasteiger partial charge in [0.15, 0.2) is 6.61 Å². The molecule has 0 atom stereocenters. The van der Waals surface area contributed by atoms with Gasteiger partial charge >= 0.3 is 12.1 Å². The molecule has 0 unspecified atom stereocenters. The average molecular weight is 375 g/mol. The Kier molecular flexibility index (Phi) is 4.98. The summed E-state index contributed by atoms with van der Waals surface area (Å²) in [6.45, 7) is -1.60. The lowest BCUT2D eigenvalue weighted by Crippen LogP contribution is -2.19. The maximum Gasteiger partial charge on any atom is 0.422 e. The Labute approximate surface area is 151 Å². The minimum atomic E-state index is -4.47. The number of hydrogen-bond acceptors (Lipinski definition) is 5. The van der Waals surface area contributed by atoms with E-state index in [1.54, 1.807) is 35.0 Å². The number of fused-ring (bicyclic) bond motifs is 1. The third-order valence-corrected chi connectivity index (χ3v) is 3.59. The first-order valence-electron chi connectivity index (χ1n) is 7.69. The number of halogens is 3. The predicted octanol–water partition coefficient (Wildman–Crippen LogP) is 3.50. The molecular weight excluding hydrogens is 363 g/mol. The van der Waals surface area contributed by atoms with Crippen LogP contribution in [0.2, 0.25) is 0 Å². The number of carbonyl (C=O) groups excluding carboxylic acids is 1. The summed E-state index contributed by atoms with van der Waals surface area (Å²) in [7, 11) is 0. The van der Waals surface area contributed by atoms with Crippen molar-refractivity contribution in [3.63, 3.8) is 0 Å². The third kappa shape index (κ3) is 4.36. The molecule has 0 aliphatic carbocycles. The van der Waals surface area contributed by atoms with Crippen LogP contribution < -0.4 is 4.74 Å². The number of nitrogens with zero attached hydrogens (tertiary/aromatic N) is 3. The van der Waals surface area contributed by atoms with Crippen LogP contribution >= 0.6 is 0 Å². The van der Waals surface area contributed by atoms with Gasteiger partial charge in [-0.3, -0.25) is 0 Å². The standard InChI is InChI=1S/C18H12F3N3O3/c19-18(20,21)11-27-16-5-4-12(8-23-16)17(25)26-10-13-9-24-6-2-1-3-15(24)14(13)7-22/h1-6,8-9H,10-11H2. The number of aromatic nitrogens is 2. The second kappa shape index (κ2) is 7.37. The van der Waals surface area contributed by atoms with Crippen LogP contribution in [0.25, 0.3) is 5.52 Å². The SMILES string of the molecule is N#Cc1c(COC(=O)c2ccc(OCC(F)(F)F)nc2)cn2ccccc12. The summed E-state index contributed by atoms with van der Waals surface area (Å²) in [6.07, 6.45) is 0.0485. The molecule has 0 aliphatic rings. The zero-order chi connectivity index (χ0) is 19.4. The van der Waals surface area contributed by atoms with Crippen molar-refractivity contribution in [2.75, 3.05) is 6.61 Å².